The monoisotopic (exact) mass is 286 g/mol. The predicted molar refractivity (Wildman–Crippen MR) is 87.4 cm³/mol. The lowest BCUT2D eigenvalue weighted by molar-refractivity contribution is 0.209. The highest BCUT2D eigenvalue weighted by atomic mass is 15.1. The average molecular weight is 286 g/mol. The van der Waals surface area contributed by atoms with Gasteiger partial charge in [-0.1, -0.05) is 12.5 Å². The van der Waals surface area contributed by atoms with Crippen molar-refractivity contribution >= 4 is 11.0 Å². The summed E-state index contributed by atoms with van der Waals surface area (Å²) in [4.78, 5) is 10.3. The molecule has 0 spiro atoms. The summed E-state index contributed by atoms with van der Waals surface area (Å²) < 4.78 is 0. The second-order valence-electron chi connectivity index (χ2n) is 6.32. The van der Waals surface area contributed by atoms with Crippen molar-refractivity contribution in [1.82, 2.24) is 20.2 Å². The molecule has 2 N–H and O–H groups in total. The van der Waals surface area contributed by atoms with Crippen LogP contribution in [-0.2, 0) is 6.54 Å². The van der Waals surface area contributed by atoms with Crippen LogP contribution in [0.4, 0.5) is 0 Å². The van der Waals surface area contributed by atoms with Gasteiger partial charge in [-0.25, -0.2) is 4.98 Å². The van der Waals surface area contributed by atoms with E-state index in [0.717, 1.165) is 29.9 Å². The molecule has 0 unspecified atom stereocenters. The molecule has 1 atom stereocenters. The molecule has 0 amide bonds. The maximum atomic E-state index is 4.44. The molecule has 114 valence electrons. The highest BCUT2D eigenvalue weighted by Gasteiger charge is 2.13. The Morgan fingerprint density at radius 3 is 2.90 bits per heavy atom. The van der Waals surface area contributed by atoms with E-state index in [1.54, 1.807) is 0 Å². The largest absolute Gasteiger partial charge is 0.342 e. The third-order valence-corrected chi connectivity index (χ3v) is 4.30. The summed E-state index contributed by atoms with van der Waals surface area (Å²) in [5, 5.41) is 3.64. The maximum absolute atomic E-state index is 4.44. The molecule has 1 fully saturated rings. The Bertz CT molecular complexity index is 583. The Morgan fingerprint density at radius 2 is 2.10 bits per heavy atom. The van der Waals surface area contributed by atoms with Crippen LogP contribution in [0.2, 0.25) is 0 Å². The number of hydrogen-bond acceptors (Lipinski definition) is 3. The fourth-order valence-corrected chi connectivity index (χ4v) is 3.18. The number of fused-ring (bicyclic) bond motifs is 1. The summed E-state index contributed by atoms with van der Waals surface area (Å²) >= 11 is 0. The van der Waals surface area contributed by atoms with Crippen LogP contribution in [-0.4, -0.2) is 40.5 Å². The number of likely N-dealkylation sites (tertiary alicyclic amines) is 1. The van der Waals surface area contributed by atoms with E-state index >= 15 is 0 Å². The minimum absolute atomic E-state index is 0.530. The van der Waals surface area contributed by atoms with Crippen LogP contribution in [0.3, 0.4) is 0 Å². The normalized spacial score (nSPS) is 18.2. The molecular formula is C17H26N4. The van der Waals surface area contributed by atoms with Gasteiger partial charge in [0.25, 0.3) is 0 Å². The van der Waals surface area contributed by atoms with E-state index in [0.29, 0.717) is 6.04 Å². The fraction of sp³-hybridized carbons (Fsp3) is 0.588. The van der Waals surface area contributed by atoms with E-state index in [9.17, 15) is 0 Å². The van der Waals surface area contributed by atoms with E-state index in [1.807, 2.05) is 6.92 Å². The van der Waals surface area contributed by atoms with Gasteiger partial charge in [-0.05, 0) is 57.5 Å². The average Bonchev–Trinajstić information content (AvgIpc) is 2.85. The van der Waals surface area contributed by atoms with Crippen molar-refractivity contribution in [2.45, 2.75) is 45.7 Å². The first kappa shape index (κ1) is 14.5. The van der Waals surface area contributed by atoms with Crippen LogP contribution in [0, 0.1) is 6.92 Å². The number of nitrogens with one attached hydrogen (secondary N) is 2. The van der Waals surface area contributed by atoms with Crippen molar-refractivity contribution in [2.24, 2.45) is 0 Å². The lowest BCUT2D eigenvalue weighted by Gasteiger charge is -2.29. The molecule has 21 heavy (non-hydrogen) atoms. The molecule has 0 bridgehead atoms. The molecule has 4 nitrogen and oxygen atoms in total. The first-order chi connectivity index (χ1) is 10.2. The molecule has 0 saturated carbocycles. The van der Waals surface area contributed by atoms with Gasteiger partial charge in [0.2, 0.25) is 0 Å². The molecule has 0 aliphatic carbocycles. The van der Waals surface area contributed by atoms with Gasteiger partial charge in [0.1, 0.15) is 5.82 Å². The van der Waals surface area contributed by atoms with Gasteiger partial charge in [-0.3, -0.25) is 0 Å². The number of hydrogen-bond donors (Lipinski definition) is 2. The first-order valence-electron chi connectivity index (χ1n) is 8.12. The number of aromatic nitrogens is 2. The summed E-state index contributed by atoms with van der Waals surface area (Å²) in [5.41, 5.74) is 3.50. The number of piperidine rings is 1. The molecule has 1 aliphatic heterocycles. The molecule has 1 aliphatic rings. The van der Waals surface area contributed by atoms with E-state index in [-0.39, 0.29) is 0 Å². The van der Waals surface area contributed by atoms with Gasteiger partial charge >= 0.3 is 0 Å². The van der Waals surface area contributed by atoms with Gasteiger partial charge in [0.05, 0.1) is 11.0 Å². The van der Waals surface area contributed by atoms with E-state index in [4.69, 9.17) is 0 Å². The number of benzene rings is 1. The van der Waals surface area contributed by atoms with Crippen molar-refractivity contribution in [1.29, 1.82) is 0 Å². The number of H-pyrrole nitrogens is 1. The van der Waals surface area contributed by atoms with Crippen molar-refractivity contribution in [2.75, 3.05) is 19.6 Å². The van der Waals surface area contributed by atoms with Gasteiger partial charge < -0.3 is 15.2 Å². The van der Waals surface area contributed by atoms with Crippen molar-refractivity contribution in [3.8, 4) is 0 Å². The van der Waals surface area contributed by atoms with Gasteiger partial charge in [-0.2, -0.15) is 0 Å². The molecule has 2 heterocycles. The number of rotatable bonds is 5. The summed E-state index contributed by atoms with van der Waals surface area (Å²) in [7, 11) is 0. The lowest BCUT2D eigenvalue weighted by atomic mass is 10.1. The molecular weight excluding hydrogens is 260 g/mol. The first-order valence-corrected chi connectivity index (χ1v) is 8.12. The van der Waals surface area contributed by atoms with Crippen LogP contribution < -0.4 is 5.32 Å². The minimum atomic E-state index is 0.530. The second kappa shape index (κ2) is 6.58. The van der Waals surface area contributed by atoms with Crippen LogP contribution in [0.25, 0.3) is 11.0 Å². The topological polar surface area (TPSA) is 44.0 Å². The molecule has 1 aromatic carbocycles. The van der Waals surface area contributed by atoms with Crippen molar-refractivity contribution in [3.05, 3.63) is 29.6 Å². The van der Waals surface area contributed by atoms with Gasteiger partial charge in [-0.15, -0.1) is 0 Å². The molecule has 0 radical (unpaired) electrons. The minimum Gasteiger partial charge on any atom is -0.342 e. The zero-order valence-electron chi connectivity index (χ0n) is 13.2. The van der Waals surface area contributed by atoms with E-state index < -0.39 is 0 Å². The Kier molecular flexibility index (Phi) is 4.56. The zero-order valence-corrected chi connectivity index (χ0v) is 13.2. The SMILES string of the molecule is Cc1nc2ccc(CN[C@H](C)CN3CCCCC3)cc2[nH]1. The third-order valence-electron chi connectivity index (χ3n) is 4.30. The Morgan fingerprint density at radius 1 is 1.29 bits per heavy atom. The van der Waals surface area contributed by atoms with Crippen molar-refractivity contribution in [3.63, 3.8) is 0 Å². The third kappa shape index (κ3) is 3.83. The number of aromatic amines is 1. The van der Waals surface area contributed by atoms with Crippen LogP contribution in [0.15, 0.2) is 18.2 Å². The number of nitrogens with zero attached hydrogens (tertiary/aromatic N) is 2. The van der Waals surface area contributed by atoms with Crippen LogP contribution in [0.1, 0.15) is 37.6 Å². The van der Waals surface area contributed by atoms with Crippen LogP contribution in [0.5, 0.6) is 0 Å². The standard InChI is InChI=1S/C17H26N4/c1-13(12-21-8-4-3-5-9-21)18-11-15-6-7-16-17(10-15)20-14(2)19-16/h6-7,10,13,18H,3-5,8-9,11-12H2,1-2H3,(H,19,20)/t13-/m1/s1. The molecule has 2 aromatic rings. The maximum Gasteiger partial charge on any atom is 0.104 e. The van der Waals surface area contributed by atoms with Gasteiger partial charge in [0, 0.05) is 19.1 Å². The summed E-state index contributed by atoms with van der Waals surface area (Å²) in [5.74, 6) is 0.980. The quantitative estimate of drug-likeness (QED) is 0.888. The van der Waals surface area contributed by atoms with Crippen LogP contribution >= 0.6 is 0 Å². The number of imidazole rings is 1. The molecule has 4 heteroatoms. The summed E-state index contributed by atoms with van der Waals surface area (Å²) in [6.45, 7) is 8.90. The highest BCUT2D eigenvalue weighted by Crippen LogP contribution is 2.14. The predicted octanol–water partition coefficient (Wildman–Crippen LogP) is 2.84. The highest BCUT2D eigenvalue weighted by molar-refractivity contribution is 5.75. The van der Waals surface area contributed by atoms with Crippen molar-refractivity contribution < 1.29 is 0 Å². The van der Waals surface area contributed by atoms with E-state index in [2.05, 4.69) is 45.3 Å². The Balaban J connectivity index is 1.52. The molecule has 1 aromatic heterocycles. The summed E-state index contributed by atoms with van der Waals surface area (Å²) in [6, 6.07) is 7.01. The van der Waals surface area contributed by atoms with E-state index in [1.165, 1.54) is 37.9 Å². The summed E-state index contributed by atoms with van der Waals surface area (Å²) in [6.07, 6.45) is 4.13. The Labute approximate surface area is 126 Å². The number of aryl methyl sites for hydroxylation is 1. The smallest absolute Gasteiger partial charge is 0.104 e. The Hall–Kier alpha value is -1.39. The van der Waals surface area contributed by atoms with Gasteiger partial charge in [0.15, 0.2) is 0 Å². The lowest BCUT2D eigenvalue weighted by Crippen LogP contribution is -2.41. The molecule has 3 rings (SSSR count). The molecule has 1 saturated heterocycles. The fourth-order valence-electron chi connectivity index (χ4n) is 3.18. The zero-order chi connectivity index (χ0) is 14.7. The second-order valence-corrected chi connectivity index (χ2v) is 6.32.